The molecule has 3 aromatic rings. The molecule has 1 N–H and O–H groups in total. The van der Waals surface area contributed by atoms with Crippen molar-refractivity contribution >= 4 is 11.5 Å². The van der Waals surface area contributed by atoms with Gasteiger partial charge in [-0.25, -0.2) is 0 Å². The Kier molecular flexibility index (Phi) is 3.37. The number of benzene rings is 1. The van der Waals surface area contributed by atoms with Crippen molar-refractivity contribution in [1.29, 1.82) is 0 Å². The molecule has 1 aromatic carbocycles. The summed E-state index contributed by atoms with van der Waals surface area (Å²) in [6, 6.07) is 7.97. The van der Waals surface area contributed by atoms with Crippen LogP contribution in [0.15, 0.2) is 36.7 Å². The fourth-order valence-electron chi connectivity index (χ4n) is 3.18. The molecule has 2 aromatic heterocycles. The van der Waals surface area contributed by atoms with Crippen molar-refractivity contribution in [2.24, 2.45) is 0 Å². The quantitative estimate of drug-likeness (QED) is 0.625. The van der Waals surface area contributed by atoms with Crippen LogP contribution in [0.4, 0.5) is 11.5 Å². The number of nitrogens with one attached hydrogen (secondary N) is 1. The fraction of sp³-hybridized carbons (Fsp3) is 0.222. The first kappa shape index (κ1) is 14.6. The lowest BCUT2D eigenvalue weighted by Crippen LogP contribution is -2.11. The molecule has 6 heteroatoms. The van der Waals surface area contributed by atoms with Crippen LogP contribution in [0.1, 0.15) is 11.1 Å². The Bertz CT molecular complexity index is 890. The van der Waals surface area contributed by atoms with E-state index in [9.17, 15) is 0 Å². The normalized spacial score (nSPS) is 11.8. The van der Waals surface area contributed by atoms with Crippen LogP contribution in [0.2, 0.25) is 0 Å². The first-order chi connectivity index (χ1) is 11.7. The molecule has 24 heavy (non-hydrogen) atoms. The number of H-pyrrole nitrogens is 1. The zero-order valence-corrected chi connectivity index (χ0v) is 13.8. The molecule has 0 spiro atoms. The van der Waals surface area contributed by atoms with Gasteiger partial charge in [-0.15, -0.1) is 0 Å². The minimum Gasteiger partial charge on any atom is -0.493 e. The summed E-state index contributed by atoms with van der Waals surface area (Å²) in [5.74, 6) is 2.44. The maximum atomic E-state index is 5.42. The molecule has 0 saturated heterocycles. The molecule has 1 aliphatic rings. The third kappa shape index (κ3) is 2.11. The van der Waals surface area contributed by atoms with Gasteiger partial charge in [0.25, 0.3) is 0 Å². The van der Waals surface area contributed by atoms with E-state index in [0.29, 0.717) is 5.75 Å². The number of rotatable bonds is 4. The molecule has 122 valence electrons. The van der Waals surface area contributed by atoms with Crippen LogP contribution in [0, 0.1) is 0 Å². The molecule has 0 atom stereocenters. The van der Waals surface area contributed by atoms with Crippen LogP contribution in [-0.4, -0.2) is 36.4 Å². The van der Waals surface area contributed by atoms with Crippen LogP contribution in [-0.2, 0) is 6.42 Å². The van der Waals surface area contributed by atoms with Crippen LogP contribution in [0.3, 0.4) is 0 Å². The first-order valence-electron chi connectivity index (χ1n) is 7.69. The second-order valence-corrected chi connectivity index (χ2v) is 5.71. The van der Waals surface area contributed by atoms with E-state index >= 15 is 0 Å². The molecule has 0 bridgehead atoms. The lowest BCUT2D eigenvalue weighted by Gasteiger charge is -2.17. The van der Waals surface area contributed by atoms with Gasteiger partial charge in [0.05, 0.1) is 31.8 Å². The number of methoxy groups -OCH3 is 2. The number of anilines is 2. The highest BCUT2D eigenvalue weighted by Gasteiger charge is 2.28. The van der Waals surface area contributed by atoms with Crippen molar-refractivity contribution in [3.8, 4) is 22.8 Å². The van der Waals surface area contributed by atoms with Gasteiger partial charge in [0.1, 0.15) is 5.82 Å². The molecule has 0 radical (unpaired) electrons. The highest BCUT2D eigenvalue weighted by atomic mass is 16.5. The number of aromatic amines is 1. The van der Waals surface area contributed by atoms with Crippen molar-refractivity contribution in [1.82, 2.24) is 15.2 Å². The second kappa shape index (κ2) is 5.56. The average molecular weight is 322 g/mol. The number of hydrogen-bond acceptors (Lipinski definition) is 5. The van der Waals surface area contributed by atoms with Crippen molar-refractivity contribution in [3.63, 3.8) is 0 Å². The summed E-state index contributed by atoms with van der Waals surface area (Å²) in [5, 5.41) is 7.69. The minimum absolute atomic E-state index is 0.717. The van der Waals surface area contributed by atoms with Crippen molar-refractivity contribution < 1.29 is 9.47 Å². The summed E-state index contributed by atoms with van der Waals surface area (Å²) in [6.45, 7) is 0. The van der Waals surface area contributed by atoms with Gasteiger partial charge >= 0.3 is 0 Å². The van der Waals surface area contributed by atoms with Gasteiger partial charge in [0, 0.05) is 30.8 Å². The zero-order valence-electron chi connectivity index (χ0n) is 13.8. The average Bonchev–Trinajstić information content (AvgIpc) is 3.19. The molecule has 4 rings (SSSR count). The zero-order chi connectivity index (χ0) is 16.7. The van der Waals surface area contributed by atoms with Gasteiger partial charge in [0.15, 0.2) is 11.5 Å². The summed E-state index contributed by atoms with van der Waals surface area (Å²) in [5.41, 5.74) is 5.43. The van der Waals surface area contributed by atoms with Crippen LogP contribution in [0.25, 0.3) is 11.3 Å². The number of ether oxygens (including phenoxy) is 2. The predicted molar refractivity (Wildman–Crippen MR) is 92.2 cm³/mol. The summed E-state index contributed by atoms with van der Waals surface area (Å²) < 4.78 is 10.8. The Morgan fingerprint density at radius 2 is 1.96 bits per heavy atom. The predicted octanol–water partition coefficient (Wildman–Crippen LogP) is 3.16. The lowest BCUT2D eigenvalue weighted by molar-refractivity contribution is 0.355. The van der Waals surface area contributed by atoms with Gasteiger partial charge in [-0.05, 0) is 29.8 Å². The van der Waals surface area contributed by atoms with Crippen molar-refractivity contribution in [3.05, 3.63) is 47.8 Å². The highest BCUT2D eigenvalue weighted by molar-refractivity contribution is 5.82. The van der Waals surface area contributed by atoms with E-state index in [0.717, 1.165) is 34.9 Å². The molecule has 0 aliphatic heterocycles. The van der Waals surface area contributed by atoms with E-state index in [1.54, 1.807) is 20.4 Å². The van der Waals surface area contributed by atoms with Gasteiger partial charge in [-0.2, -0.15) is 5.10 Å². The van der Waals surface area contributed by atoms with Crippen LogP contribution >= 0.6 is 0 Å². The fourth-order valence-corrected chi connectivity index (χ4v) is 3.18. The maximum Gasteiger partial charge on any atom is 0.161 e. The number of fused-ring (bicyclic) bond motifs is 3. The molecule has 2 heterocycles. The molecule has 0 amide bonds. The maximum absolute atomic E-state index is 5.42. The number of hydrogen-bond donors (Lipinski definition) is 1. The topological polar surface area (TPSA) is 63.3 Å². The van der Waals surface area contributed by atoms with Crippen molar-refractivity contribution in [2.45, 2.75) is 6.42 Å². The van der Waals surface area contributed by atoms with Crippen LogP contribution in [0.5, 0.6) is 11.5 Å². The van der Waals surface area contributed by atoms with E-state index < -0.39 is 0 Å². The Balaban J connectivity index is 1.77. The minimum atomic E-state index is 0.717. The largest absolute Gasteiger partial charge is 0.493 e. The third-order valence-corrected chi connectivity index (χ3v) is 4.45. The second-order valence-electron chi connectivity index (χ2n) is 5.71. The van der Waals surface area contributed by atoms with E-state index in [-0.39, 0.29) is 0 Å². The van der Waals surface area contributed by atoms with Crippen LogP contribution < -0.4 is 14.4 Å². The van der Waals surface area contributed by atoms with Gasteiger partial charge in [-0.1, -0.05) is 0 Å². The number of aromatic nitrogens is 3. The summed E-state index contributed by atoms with van der Waals surface area (Å²) in [7, 11) is 5.31. The molecule has 0 saturated carbocycles. The summed E-state index contributed by atoms with van der Waals surface area (Å²) in [6.07, 6.45) is 4.41. The Morgan fingerprint density at radius 1 is 1.17 bits per heavy atom. The molecular formula is C18H18N4O2. The number of nitrogens with zero attached hydrogens (tertiary/aromatic N) is 3. The Hall–Kier alpha value is -3.02. The van der Waals surface area contributed by atoms with Gasteiger partial charge in [-0.3, -0.25) is 10.1 Å². The van der Waals surface area contributed by atoms with Gasteiger partial charge in [0.2, 0.25) is 0 Å². The van der Waals surface area contributed by atoms with Crippen molar-refractivity contribution in [2.75, 3.05) is 26.2 Å². The summed E-state index contributed by atoms with van der Waals surface area (Å²) >= 11 is 0. The van der Waals surface area contributed by atoms with E-state index in [1.807, 2.05) is 37.5 Å². The molecule has 6 nitrogen and oxygen atoms in total. The molecule has 0 unspecified atom stereocenters. The lowest BCUT2D eigenvalue weighted by atomic mass is 10.1. The number of pyridine rings is 1. The Morgan fingerprint density at radius 3 is 2.67 bits per heavy atom. The monoisotopic (exact) mass is 322 g/mol. The SMILES string of the molecule is COc1cc2c(cc1OC)-c1n[nH]c(N(C)c3cccnc3)c1C2. The molecule has 1 aliphatic carbocycles. The molecule has 0 fully saturated rings. The van der Waals surface area contributed by atoms with E-state index in [4.69, 9.17) is 9.47 Å². The highest BCUT2D eigenvalue weighted by Crippen LogP contribution is 2.45. The smallest absolute Gasteiger partial charge is 0.161 e. The third-order valence-electron chi connectivity index (χ3n) is 4.45. The Labute approximate surface area is 140 Å². The standard InChI is InChI=1S/C18H18N4O2/c1-22(12-5-4-6-19-10-12)18-14-7-11-8-15(23-2)16(24-3)9-13(11)17(14)20-21-18/h4-6,8-10H,7H2,1-3H3,(H,20,21). The van der Waals surface area contributed by atoms with E-state index in [2.05, 4.69) is 20.1 Å². The first-order valence-corrected chi connectivity index (χ1v) is 7.69. The van der Waals surface area contributed by atoms with Gasteiger partial charge < -0.3 is 14.4 Å². The molecular weight excluding hydrogens is 304 g/mol. The van der Waals surface area contributed by atoms with E-state index in [1.165, 1.54) is 11.1 Å². The summed E-state index contributed by atoms with van der Waals surface area (Å²) in [4.78, 5) is 6.25.